The van der Waals surface area contributed by atoms with Crippen LogP contribution in [0.5, 0.6) is 5.75 Å². The van der Waals surface area contributed by atoms with Gasteiger partial charge in [-0.3, -0.25) is 0 Å². The van der Waals surface area contributed by atoms with Gasteiger partial charge in [-0.15, -0.1) is 0 Å². The van der Waals surface area contributed by atoms with Gasteiger partial charge in [-0.2, -0.15) is 0 Å². The monoisotopic (exact) mass is 298 g/mol. The summed E-state index contributed by atoms with van der Waals surface area (Å²) in [7, 11) is 0. The molecular weight excluding hydrogens is 272 g/mol. The van der Waals surface area contributed by atoms with Crippen LogP contribution >= 0.6 is 11.6 Å². The Morgan fingerprint density at radius 2 is 1.95 bits per heavy atom. The van der Waals surface area contributed by atoms with Crippen molar-refractivity contribution in [1.29, 1.82) is 0 Å². The summed E-state index contributed by atoms with van der Waals surface area (Å²) in [5.41, 5.74) is 1.12. The molecule has 0 aliphatic heterocycles. The number of nitrogens with one attached hydrogen (secondary N) is 1. The molecule has 0 aromatic heterocycles. The van der Waals surface area contributed by atoms with Gasteiger partial charge in [0.05, 0.1) is 0 Å². The van der Waals surface area contributed by atoms with E-state index in [1.807, 2.05) is 18.2 Å². The predicted octanol–water partition coefficient (Wildman–Crippen LogP) is 3.73. The smallest absolute Gasteiger partial charge is 0.120 e. The van der Waals surface area contributed by atoms with Gasteiger partial charge >= 0.3 is 0 Å². The summed E-state index contributed by atoms with van der Waals surface area (Å²) in [5, 5.41) is 4.13. The van der Waals surface area contributed by atoms with Gasteiger partial charge in [0.15, 0.2) is 0 Å². The first-order chi connectivity index (χ1) is 9.62. The minimum absolute atomic E-state index is 0.261. The molecular formula is C16H27ClN2O. The Balaban J connectivity index is 2.55. The lowest BCUT2D eigenvalue weighted by atomic mass is 10.1. The highest BCUT2D eigenvalue weighted by atomic mass is 35.5. The fourth-order valence-electron chi connectivity index (χ4n) is 2.20. The molecule has 0 aliphatic carbocycles. The Hall–Kier alpha value is -0.770. The number of hydrogen-bond donors (Lipinski definition) is 1. The summed E-state index contributed by atoms with van der Waals surface area (Å²) in [6.07, 6.45) is 0. The van der Waals surface area contributed by atoms with E-state index in [1.54, 1.807) is 0 Å². The van der Waals surface area contributed by atoms with Crippen LogP contribution in [0.4, 0.5) is 0 Å². The number of halogens is 1. The molecule has 1 N–H and O–H groups in total. The number of ether oxygens (including phenoxy) is 1. The third-order valence-corrected chi connectivity index (χ3v) is 3.85. The molecule has 0 saturated heterocycles. The van der Waals surface area contributed by atoms with Crippen LogP contribution in [-0.2, 0) is 0 Å². The van der Waals surface area contributed by atoms with Crippen LogP contribution in [0.1, 0.15) is 39.3 Å². The Morgan fingerprint density at radius 1 is 1.25 bits per heavy atom. The van der Waals surface area contributed by atoms with E-state index in [4.69, 9.17) is 16.3 Å². The minimum Gasteiger partial charge on any atom is -0.492 e. The molecule has 20 heavy (non-hydrogen) atoms. The fraction of sp³-hybridized carbons (Fsp3) is 0.625. The zero-order chi connectivity index (χ0) is 15.0. The Morgan fingerprint density at radius 3 is 2.50 bits per heavy atom. The van der Waals surface area contributed by atoms with Crippen molar-refractivity contribution in [3.63, 3.8) is 0 Å². The van der Waals surface area contributed by atoms with Crippen LogP contribution < -0.4 is 10.1 Å². The van der Waals surface area contributed by atoms with E-state index in [0.29, 0.717) is 6.61 Å². The summed E-state index contributed by atoms with van der Waals surface area (Å²) < 4.78 is 5.77. The van der Waals surface area contributed by atoms with Gasteiger partial charge in [0, 0.05) is 17.6 Å². The van der Waals surface area contributed by atoms with E-state index in [0.717, 1.165) is 42.5 Å². The van der Waals surface area contributed by atoms with Crippen molar-refractivity contribution in [2.24, 2.45) is 0 Å². The van der Waals surface area contributed by atoms with Crippen LogP contribution in [-0.4, -0.2) is 37.7 Å². The molecule has 0 amide bonds. The van der Waals surface area contributed by atoms with Crippen molar-refractivity contribution >= 4 is 11.6 Å². The van der Waals surface area contributed by atoms with Gasteiger partial charge in [0.2, 0.25) is 0 Å². The van der Waals surface area contributed by atoms with Crippen molar-refractivity contribution in [2.45, 2.75) is 33.7 Å². The van der Waals surface area contributed by atoms with Crippen molar-refractivity contribution in [3.8, 4) is 5.75 Å². The molecule has 114 valence electrons. The zero-order valence-electron chi connectivity index (χ0n) is 13.1. The van der Waals surface area contributed by atoms with Crippen molar-refractivity contribution < 1.29 is 4.74 Å². The fourth-order valence-corrected chi connectivity index (χ4v) is 2.53. The molecule has 1 unspecified atom stereocenters. The van der Waals surface area contributed by atoms with E-state index < -0.39 is 0 Å². The first-order valence-electron chi connectivity index (χ1n) is 7.50. The molecule has 0 fully saturated rings. The van der Waals surface area contributed by atoms with Crippen LogP contribution in [0.15, 0.2) is 18.2 Å². The highest BCUT2D eigenvalue weighted by Gasteiger charge is 2.09. The molecule has 0 radical (unpaired) electrons. The summed E-state index contributed by atoms with van der Waals surface area (Å²) in [6.45, 7) is 13.2. The lowest BCUT2D eigenvalue weighted by Crippen LogP contribution is -2.27. The van der Waals surface area contributed by atoms with Gasteiger partial charge < -0.3 is 15.0 Å². The Bertz CT molecular complexity index is 394. The highest BCUT2D eigenvalue weighted by molar-refractivity contribution is 6.31. The van der Waals surface area contributed by atoms with E-state index >= 15 is 0 Å². The largest absolute Gasteiger partial charge is 0.492 e. The molecule has 0 heterocycles. The molecule has 0 bridgehead atoms. The molecule has 4 heteroatoms. The number of likely N-dealkylation sites (N-methyl/N-ethyl adjacent to an activating group) is 1. The van der Waals surface area contributed by atoms with Gasteiger partial charge in [-0.1, -0.05) is 38.4 Å². The van der Waals surface area contributed by atoms with Crippen LogP contribution in [0.25, 0.3) is 0 Å². The molecule has 1 atom stereocenters. The molecule has 1 aromatic carbocycles. The lowest BCUT2D eigenvalue weighted by molar-refractivity contribution is 0.223. The maximum Gasteiger partial charge on any atom is 0.120 e. The molecule has 3 nitrogen and oxygen atoms in total. The van der Waals surface area contributed by atoms with Crippen molar-refractivity contribution in [1.82, 2.24) is 10.2 Å². The van der Waals surface area contributed by atoms with E-state index in [9.17, 15) is 0 Å². The van der Waals surface area contributed by atoms with Gasteiger partial charge in [0.25, 0.3) is 0 Å². The standard InChI is InChI=1S/C16H27ClN2O/c1-5-18-13(4)15-9-8-14(12-16(15)17)20-11-10-19(6-2)7-3/h8-9,12-13,18H,5-7,10-11H2,1-4H3. The van der Waals surface area contributed by atoms with Crippen LogP contribution in [0, 0.1) is 0 Å². The topological polar surface area (TPSA) is 24.5 Å². The summed E-state index contributed by atoms with van der Waals surface area (Å²) in [4.78, 5) is 2.34. The van der Waals surface area contributed by atoms with Gasteiger partial charge in [-0.05, 0) is 44.3 Å². The van der Waals surface area contributed by atoms with Gasteiger partial charge in [-0.25, -0.2) is 0 Å². The van der Waals surface area contributed by atoms with Crippen LogP contribution in [0.2, 0.25) is 5.02 Å². The second kappa shape index (κ2) is 9.22. The number of hydrogen-bond acceptors (Lipinski definition) is 3. The van der Waals surface area contributed by atoms with Gasteiger partial charge in [0.1, 0.15) is 12.4 Å². The predicted molar refractivity (Wildman–Crippen MR) is 86.8 cm³/mol. The van der Waals surface area contributed by atoms with E-state index in [2.05, 4.69) is 37.9 Å². The second-order valence-corrected chi connectivity index (χ2v) is 5.25. The third kappa shape index (κ3) is 5.31. The number of rotatable bonds is 9. The molecule has 1 rings (SSSR count). The minimum atomic E-state index is 0.261. The maximum atomic E-state index is 6.33. The first-order valence-corrected chi connectivity index (χ1v) is 7.88. The SMILES string of the molecule is CCNC(C)c1ccc(OCCN(CC)CC)cc1Cl. The van der Waals surface area contributed by atoms with E-state index in [-0.39, 0.29) is 6.04 Å². The van der Waals surface area contributed by atoms with Crippen molar-refractivity contribution in [2.75, 3.05) is 32.8 Å². The van der Waals surface area contributed by atoms with E-state index in [1.165, 1.54) is 0 Å². The number of nitrogens with zero attached hydrogens (tertiary/aromatic N) is 1. The molecule has 0 aliphatic rings. The zero-order valence-corrected chi connectivity index (χ0v) is 13.8. The molecule has 0 spiro atoms. The van der Waals surface area contributed by atoms with Crippen LogP contribution in [0.3, 0.4) is 0 Å². The average Bonchev–Trinajstić information content (AvgIpc) is 2.44. The Kier molecular flexibility index (Phi) is 7.97. The summed E-state index contributed by atoms with van der Waals surface area (Å²) >= 11 is 6.33. The maximum absolute atomic E-state index is 6.33. The van der Waals surface area contributed by atoms with Crippen molar-refractivity contribution in [3.05, 3.63) is 28.8 Å². The lowest BCUT2D eigenvalue weighted by Gasteiger charge is -2.19. The highest BCUT2D eigenvalue weighted by Crippen LogP contribution is 2.27. The normalized spacial score (nSPS) is 12.7. The molecule has 1 aromatic rings. The molecule has 0 saturated carbocycles. The second-order valence-electron chi connectivity index (χ2n) is 4.84. The first kappa shape index (κ1) is 17.3. The average molecular weight is 299 g/mol. The summed E-state index contributed by atoms with van der Waals surface area (Å²) in [5.74, 6) is 0.842. The summed E-state index contributed by atoms with van der Waals surface area (Å²) in [6, 6.07) is 6.21. The number of benzene rings is 1. The quantitative estimate of drug-likeness (QED) is 0.752. The Labute approximate surface area is 128 Å². The third-order valence-electron chi connectivity index (χ3n) is 3.52.